The molecule has 0 unspecified atom stereocenters. The molecule has 0 radical (unpaired) electrons. The molecule has 3 rings (SSSR count). The zero-order chi connectivity index (χ0) is 17.6. The molecule has 2 saturated heterocycles. The maximum absolute atomic E-state index is 12.4. The third-order valence-electron chi connectivity index (χ3n) is 5.43. The van der Waals surface area contributed by atoms with Gasteiger partial charge in [0.25, 0.3) is 5.91 Å². The molecule has 1 amide bonds. The topological polar surface area (TPSA) is 42.0 Å². The summed E-state index contributed by atoms with van der Waals surface area (Å²) in [6.07, 6.45) is 2.18. The van der Waals surface area contributed by atoms with Gasteiger partial charge in [-0.05, 0) is 55.9 Å². The number of aryl methyl sites for hydroxylation is 2. The van der Waals surface area contributed by atoms with E-state index in [1.165, 1.54) is 11.1 Å². The van der Waals surface area contributed by atoms with Crippen LogP contribution in [0.25, 0.3) is 0 Å². The highest BCUT2D eigenvalue weighted by atomic mass is 16.5. The normalized spacial score (nSPS) is 19.8. The zero-order valence-corrected chi connectivity index (χ0v) is 15.5. The molecule has 2 aliphatic rings. The van der Waals surface area contributed by atoms with E-state index in [9.17, 15) is 4.79 Å². The van der Waals surface area contributed by atoms with Gasteiger partial charge >= 0.3 is 0 Å². The predicted molar refractivity (Wildman–Crippen MR) is 98.0 cm³/mol. The van der Waals surface area contributed by atoms with Gasteiger partial charge in [-0.1, -0.05) is 6.07 Å². The molecule has 25 heavy (non-hydrogen) atoms. The number of piperidine rings is 1. The molecule has 0 atom stereocenters. The van der Waals surface area contributed by atoms with Gasteiger partial charge < -0.3 is 14.4 Å². The van der Waals surface area contributed by atoms with E-state index < -0.39 is 0 Å². The molecule has 5 nitrogen and oxygen atoms in total. The number of benzene rings is 1. The molecule has 0 bridgehead atoms. The lowest BCUT2D eigenvalue weighted by Gasteiger charge is -2.36. The average Bonchev–Trinajstić information content (AvgIpc) is 2.64. The fraction of sp³-hybridized carbons (Fsp3) is 0.650. The third-order valence-corrected chi connectivity index (χ3v) is 5.43. The summed E-state index contributed by atoms with van der Waals surface area (Å²) < 4.78 is 11.1. The summed E-state index contributed by atoms with van der Waals surface area (Å²) in [6, 6.07) is 5.97. The maximum Gasteiger partial charge on any atom is 0.260 e. The van der Waals surface area contributed by atoms with Crippen LogP contribution in [0.5, 0.6) is 5.75 Å². The highest BCUT2D eigenvalue weighted by Gasteiger charge is 2.25. The van der Waals surface area contributed by atoms with Gasteiger partial charge in [-0.3, -0.25) is 9.69 Å². The molecule has 2 aliphatic heterocycles. The van der Waals surface area contributed by atoms with Crippen molar-refractivity contribution in [1.29, 1.82) is 0 Å². The van der Waals surface area contributed by atoms with E-state index >= 15 is 0 Å². The zero-order valence-electron chi connectivity index (χ0n) is 15.5. The van der Waals surface area contributed by atoms with E-state index in [4.69, 9.17) is 9.47 Å². The Bertz CT molecular complexity index is 576. The molecular formula is C20H30N2O3. The Hall–Kier alpha value is -1.59. The first-order valence-corrected chi connectivity index (χ1v) is 9.40. The van der Waals surface area contributed by atoms with Crippen molar-refractivity contribution in [3.63, 3.8) is 0 Å². The largest absolute Gasteiger partial charge is 0.484 e. The summed E-state index contributed by atoms with van der Waals surface area (Å²) in [5.41, 5.74) is 2.43. The summed E-state index contributed by atoms with van der Waals surface area (Å²) in [7, 11) is 0. The Labute approximate surface area is 150 Å². The number of hydrogen-bond donors (Lipinski definition) is 0. The molecule has 1 aromatic carbocycles. The van der Waals surface area contributed by atoms with Crippen LogP contribution in [-0.2, 0) is 9.53 Å². The molecule has 0 spiro atoms. The van der Waals surface area contributed by atoms with E-state index in [1.807, 2.05) is 23.1 Å². The first-order chi connectivity index (χ1) is 12.1. The lowest BCUT2D eigenvalue weighted by Crippen LogP contribution is -2.45. The van der Waals surface area contributed by atoms with Crippen molar-refractivity contribution >= 4 is 5.91 Å². The van der Waals surface area contributed by atoms with Crippen molar-refractivity contribution in [3.8, 4) is 5.75 Å². The molecule has 0 saturated carbocycles. The van der Waals surface area contributed by atoms with Crippen LogP contribution >= 0.6 is 0 Å². The fourth-order valence-corrected chi connectivity index (χ4v) is 3.55. The quantitative estimate of drug-likeness (QED) is 0.820. The van der Waals surface area contributed by atoms with Crippen LogP contribution < -0.4 is 4.74 Å². The number of likely N-dealkylation sites (tertiary alicyclic amines) is 1. The minimum Gasteiger partial charge on any atom is -0.484 e. The second-order valence-corrected chi connectivity index (χ2v) is 7.27. The van der Waals surface area contributed by atoms with Crippen molar-refractivity contribution in [2.75, 3.05) is 52.5 Å². The van der Waals surface area contributed by atoms with Crippen LogP contribution in [0.1, 0.15) is 24.0 Å². The molecule has 5 heteroatoms. The van der Waals surface area contributed by atoms with Crippen molar-refractivity contribution in [2.45, 2.75) is 26.7 Å². The first-order valence-electron chi connectivity index (χ1n) is 9.40. The lowest BCUT2D eigenvalue weighted by molar-refractivity contribution is -0.134. The minimum absolute atomic E-state index is 0.100. The van der Waals surface area contributed by atoms with Gasteiger partial charge in [0.15, 0.2) is 6.61 Å². The molecule has 138 valence electrons. The van der Waals surface area contributed by atoms with Gasteiger partial charge in [-0.15, -0.1) is 0 Å². The average molecular weight is 346 g/mol. The van der Waals surface area contributed by atoms with Crippen LogP contribution in [-0.4, -0.2) is 68.3 Å². The monoisotopic (exact) mass is 346 g/mol. The molecule has 0 aliphatic carbocycles. The van der Waals surface area contributed by atoms with E-state index in [0.29, 0.717) is 5.92 Å². The van der Waals surface area contributed by atoms with E-state index in [-0.39, 0.29) is 12.5 Å². The van der Waals surface area contributed by atoms with Crippen molar-refractivity contribution < 1.29 is 14.3 Å². The number of hydrogen-bond acceptors (Lipinski definition) is 4. The smallest absolute Gasteiger partial charge is 0.260 e. The molecular weight excluding hydrogens is 316 g/mol. The molecule has 0 N–H and O–H groups in total. The van der Waals surface area contributed by atoms with Crippen LogP contribution in [0.3, 0.4) is 0 Å². The summed E-state index contributed by atoms with van der Waals surface area (Å²) in [6.45, 7) is 10.9. The van der Waals surface area contributed by atoms with Gasteiger partial charge in [0, 0.05) is 32.7 Å². The van der Waals surface area contributed by atoms with E-state index in [1.54, 1.807) is 0 Å². The van der Waals surface area contributed by atoms with E-state index in [0.717, 1.165) is 64.5 Å². The van der Waals surface area contributed by atoms with Gasteiger partial charge in [0.2, 0.25) is 0 Å². The van der Waals surface area contributed by atoms with Gasteiger partial charge in [-0.25, -0.2) is 0 Å². The number of rotatable bonds is 5. The maximum atomic E-state index is 12.4. The highest BCUT2D eigenvalue weighted by Crippen LogP contribution is 2.20. The van der Waals surface area contributed by atoms with Gasteiger partial charge in [-0.2, -0.15) is 0 Å². The van der Waals surface area contributed by atoms with Crippen molar-refractivity contribution in [2.24, 2.45) is 5.92 Å². The second-order valence-electron chi connectivity index (χ2n) is 7.27. The van der Waals surface area contributed by atoms with Gasteiger partial charge in [0.05, 0.1) is 13.2 Å². The Morgan fingerprint density at radius 3 is 2.52 bits per heavy atom. The first kappa shape index (κ1) is 18.2. The van der Waals surface area contributed by atoms with Crippen molar-refractivity contribution in [1.82, 2.24) is 9.80 Å². The fourth-order valence-electron chi connectivity index (χ4n) is 3.55. The SMILES string of the molecule is Cc1ccc(OCC(=O)N2CCC(CN3CCOCC3)CC2)cc1C. The third kappa shape index (κ3) is 5.19. The summed E-state index contributed by atoms with van der Waals surface area (Å²) in [5, 5.41) is 0. The summed E-state index contributed by atoms with van der Waals surface area (Å²) >= 11 is 0. The van der Waals surface area contributed by atoms with Crippen LogP contribution in [0.2, 0.25) is 0 Å². The Kier molecular flexibility index (Phi) is 6.32. The van der Waals surface area contributed by atoms with E-state index in [2.05, 4.69) is 18.7 Å². The number of ether oxygens (including phenoxy) is 2. The van der Waals surface area contributed by atoms with Crippen LogP contribution in [0, 0.1) is 19.8 Å². The molecule has 1 aromatic rings. The minimum atomic E-state index is 0.100. The van der Waals surface area contributed by atoms with Crippen LogP contribution in [0.15, 0.2) is 18.2 Å². The lowest BCUT2D eigenvalue weighted by atomic mass is 9.96. The highest BCUT2D eigenvalue weighted by molar-refractivity contribution is 5.77. The standard InChI is InChI=1S/C20H30N2O3/c1-16-3-4-19(13-17(16)2)25-15-20(23)22-7-5-18(6-8-22)14-21-9-11-24-12-10-21/h3-4,13,18H,5-12,14-15H2,1-2H3. The van der Waals surface area contributed by atoms with Gasteiger partial charge in [0.1, 0.15) is 5.75 Å². The number of carbonyl (C=O) groups is 1. The second kappa shape index (κ2) is 8.68. The molecule has 0 aromatic heterocycles. The number of amides is 1. The molecule has 2 fully saturated rings. The van der Waals surface area contributed by atoms with Crippen LogP contribution in [0.4, 0.5) is 0 Å². The number of nitrogens with zero attached hydrogens (tertiary/aromatic N) is 2. The summed E-state index contributed by atoms with van der Waals surface area (Å²) in [4.78, 5) is 16.8. The summed E-state index contributed by atoms with van der Waals surface area (Å²) in [5.74, 6) is 1.57. The Morgan fingerprint density at radius 1 is 1.12 bits per heavy atom. The molecule has 2 heterocycles. The Morgan fingerprint density at radius 2 is 1.84 bits per heavy atom. The van der Waals surface area contributed by atoms with Crippen molar-refractivity contribution in [3.05, 3.63) is 29.3 Å². The number of morpholine rings is 1. The predicted octanol–water partition coefficient (Wildman–Crippen LogP) is 2.25. The Balaban J connectivity index is 1.39. The number of carbonyl (C=O) groups excluding carboxylic acids is 1.